The van der Waals surface area contributed by atoms with Crippen molar-refractivity contribution < 1.29 is 9.53 Å². The van der Waals surface area contributed by atoms with E-state index in [0.717, 1.165) is 0 Å². The van der Waals surface area contributed by atoms with Gasteiger partial charge in [-0.2, -0.15) is 0 Å². The van der Waals surface area contributed by atoms with Gasteiger partial charge in [-0.1, -0.05) is 23.9 Å². The highest BCUT2D eigenvalue weighted by molar-refractivity contribution is 7.99. The van der Waals surface area contributed by atoms with Gasteiger partial charge in [0.25, 0.3) is 5.56 Å². The second-order valence-electron chi connectivity index (χ2n) is 5.31. The van der Waals surface area contributed by atoms with Crippen LogP contribution >= 0.6 is 23.1 Å². The van der Waals surface area contributed by atoms with Crippen LogP contribution in [0.2, 0.25) is 0 Å². The molecule has 2 heterocycles. The summed E-state index contributed by atoms with van der Waals surface area (Å²) in [5.74, 6) is 0.617. The molecule has 0 fully saturated rings. The quantitative estimate of drug-likeness (QED) is 0.382. The van der Waals surface area contributed by atoms with Crippen molar-refractivity contribution in [2.45, 2.75) is 11.7 Å². The number of thioether (sulfide) groups is 1. The van der Waals surface area contributed by atoms with Crippen LogP contribution in [0.4, 0.5) is 5.69 Å². The first kappa shape index (κ1) is 18.2. The lowest BCUT2D eigenvalue weighted by molar-refractivity contribution is -0.113. The first-order chi connectivity index (χ1) is 12.6. The third-order valence-electron chi connectivity index (χ3n) is 3.55. The molecule has 26 heavy (non-hydrogen) atoms. The minimum Gasteiger partial charge on any atom is -0.497 e. The molecule has 0 radical (unpaired) electrons. The molecule has 134 valence electrons. The zero-order valence-corrected chi connectivity index (χ0v) is 15.7. The fourth-order valence-corrected chi connectivity index (χ4v) is 3.97. The van der Waals surface area contributed by atoms with Gasteiger partial charge < -0.3 is 10.1 Å². The van der Waals surface area contributed by atoms with Crippen molar-refractivity contribution in [2.75, 3.05) is 18.2 Å². The molecule has 0 unspecified atom stereocenters. The molecule has 3 aromatic rings. The molecule has 1 amide bonds. The molecule has 0 aliphatic carbocycles. The van der Waals surface area contributed by atoms with Gasteiger partial charge in [0.2, 0.25) is 5.91 Å². The van der Waals surface area contributed by atoms with E-state index in [2.05, 4.69) is 16.9 Å². The van der Waals surface area contributed by atoms with Crippen molar-refractivity contribution >= 4 is 44.9 Å². The Morgan fingerprint density at radius 1 is 1.46 bits per heavy atom. The number of carbonyl (C=O) groups is 1. The van der Waals surface area contributed by atoms with E-state index in [9.17, 15) is 9.59 Å². The summed E-state index contributed by atoms with van der Waals surface area (Å²) in [6, 6.07) is 8.90. The topological polar surface area (TPSA) is 73.2 Å². The minimum absolute atomic E-state index is 0.119. The minimum atomic E-state index is -0.186. The van der Waals surface area contributed by atoms with Gasteiger partial charge in [0.1, 0.15) is 10.6 Å². The maximum absolute atomic E-state index is 12.6. The number of hydrogen-bond acceptors (Lipinski definition) is 6. The van der Waals surface area contributed by atoms with Crippen LogP contribution in [0.15, 0.2) is 58.3 Å². The number of ether oxygens (including phenoxy) is 1. The molecule has 8 heteroatoms. The van der Waals surface area contributed by atoms with Gasteiger partial charge in [0.05, 0.1) is 18.2 Å². The highest BCUT2D eigenvalue weighted by Crippen LogP contribution is 2.22. The van der Waals surface area contributed by atoms with E-state index < -0.39 is 0 Å². The van der Waals surface area contributed by atoms with E-state index in [-0.39, 0.29) is 17.2 Å². The molecule has 2 aromatic heterocycles. The molecule has 0 saturated heterocycles. The van der Waals surface area contributed by atoms with E-state index >= 15 is 0 Å². The Labute approximate surface area is 158 Å². The molecule has 0 bridgehead atoms. The van der Waals surface area contributed by atoms with Gasteiger partial charge >= 0.3 is 0 Å². The first-order valence-electron chi connectivity index (χ1n) is 7.78. The molecule has 0 atom stereocenters. The Morgan fingerprint density at radius 2 is 2.31 bits per heavy atom. The number of rotatable bonds is 7. The van der Waals surface area contributed by atoms with Crippen molar-refractivity contribution in [1.29, 1.82) is 0 Å². The third kappa shape index (κ3) is 3.97. The molecule has 1 aromatic carbocycles. The van der Waals surface area contributed by atoms with Crippen LogP contribution in [-0.4, -0.2) is 28.3 Å². The van der Waals surface area contributed by atoms with Gasteiger partial charge in [-0.15, -0.1) is 17.9 Å². The lowest BCUT2D eigenvalue weighted by Gasteiger charge is -2.10. The van der Waals surface area contributed by atoms with Crippen molar-refractivity contribution in [1.82, 2.24) is 9.55 Å². The normalized spacial score (nSPS) is 10.7. The zero-order valence-electron chi connectivity index (χ0n) is 14.1. The van der Waals surface area contributed by atoms with Crippen molar-refractivity contribution in [3.05, 3.63) is 58.7 Å². The average Bonchev–Trinajstić information content (AvgIpc) is 3.11. The second-order valence-corrected chi connectivity index (χ2v) is 7.14. The average molecular weight is 387 g/mol. The Balaban J connectivity index is 1.76. The highest BCUT2D eigenvalue weighted by Gasteiger charge is 2.13. The summed E-state index contributed by atoms with van der Waals surface area (Å²) in [6.07, 6.45) is 1.64. The Hall–Kier alpha value is -2.58. The number of aromatic nitrogens is 2. The number of amides is 1. The Morgan fingerprint density at radius 3 is 3.08 bits per heavy atom. The fraction of sp³-hybridized carbons (Fsp3) is 0.167. The molecule has 1 N–H and O–H groups in total. The monoisotopic (exact) mass is 387 g/mol. The van der Waals surface area contributed by atoms with Crippen LogP contribution in [-0.2, 0) is 11.3 Å². The summed E-state index contributed by atoms with van der Waals surface area (Å²) in [7, 11) is 1.57. The molecule has 0 saturated carbocycles. The van der Waals surface area contributed by atoms with Gasteiger partial charge in [-0.3, -0.25) is 14.2 Å². The van der Waals surface area contributed by atoms with Crippen LogP contribution in [0.1, 0.15) is 0 Å². The molecule has 3 rings (SSSR count). The number of benzene rings is 1. The second kappa shape index (κ2) is 8.20. The summed E-state index contributed by atoms with van der Waals surface area (Å²) in [6.45, 7) is 4.03. The van der Waals surface area contributed by atoms with Crippen molar-refractivity contribution in [3.63, 3.8) is 0 Å². The zero-order chi connectivity index (χ0) is 18.5. The SMILES string of the molecule is C=CCn1c(SCC(=O)Nc2cccc(OC)c2)nc2sccc2c1=O. The number of allylic oxidation sites excluding steroid dienone is 1. The van der Waals surface area contributed by atoms with Crippen LogP contribution in [0.3, 0.4) is 0 Å². The number of hydrogen-bond donors (Lipinski definition) is 1. The van der Waals surface area contributed by atoms with Crippen molar-refractivity contribution in [3.8, 4) is 5.75 Å². The van der Waals surface area contributed by atoms with Gasteiger partial charge in [0, 0.05) is 18.3 Å². The van der Waals surface area contributed by atoms with E-state index in [0.29, 0.717) is 33.4 Å². The maximum Gasteiger partial charge on any atom is 0.263 e. The van der Waals surface area contributed by atoms with E-state index in [1.807, 2.05) is 5.38 Å². The smallest absolute Gasteiger partial charge is 0.263 e. The summed E-state index contributed by atoms with van der Waals surface area (Å²) < 4.78 is 6.68. The first-order valence-corrected chi connectivity index (χ1v) is 9.64. The molecule has 0 aliphatic heterocycles. The molecule has 0 aliphatic rings. The van der Waals surface area contributed by atoms with Gasteiger partial charge in [-0.05, 0) is 23.6 Å². The predicted molar refractivity (Wildman–Crippen MR) is 106 cm³/mol. The summed E-state index contributed by atoms with van der Waals surface area (Å²) >= 11 is 2.63. The number of nitrogens with zero attached hydrogens (tertiary/aromatic N) is 2. The standard InChI is InChI=1S/C18H17N3O3S2/c1-3-8-21-17(23)14-7-9-25-16(14)20-18(21)26-11-15(22)19-12-5-4-6-13(10-12)24-2/h3-7,9-10H,1,8,11H2,2H3,(H,19,22). The Bertz CT molecular complexity index is 1010. The summed E-state index contributed by atoms with van der Waals surface area (Å²) in [5, 5.41) is 5.74. The van der Waals surface area contributed by atoms with Crippen LogP contribution in [0.5, 0.6) is 5.75 Å². The Kier molecular flexibility index (Phi) is 5.75. The van der Waals surface area contributed by atoms with E-state index in [4.69, 9.17) is 4.74 Å². The third-order valence-corrected chi connectivity index (χ3v) is 5.33. The molecule has 0 spiro atoms. The molecular formula is C18H17N3O3S2. The summed E-state index contributed by atoms with van der Waals surface area (Å²) in [4.78, 5) is 30.0. The number of fused-ring (bicyclic) bond motifs is 1. The number of nitrogens with one attached hydrogen (secondary N) is 1. The van der Waals surface area contributed by atoms with Gasteiger partial charge in [-0.25, -0.2) is 4.98 Å². The van der Waals surface area contributed by atoms with E-state index in [1.54, 1.807) is 43.5 Å². The number of thiophene rings is 1. The number of carbonyl (C=O) groups excluding carboxylic acids is 1. The lowest BCUT2D eigenvalue weighted by atomic mass is 10.3. The van der Waals surface area contributed by atoms with Crippen LogP contribution in [0, 0.1) is 0 Å². The van der Waals surface area contributed by atoms with Crippen LogP contribution < -0.4 is 15.6 Å². The van der Waals surface area contributed by atoms with E-state index in [1.165, 1.54) is 27.7 Å². The largest absolute Gasteiger partial charge is 0.497 e. The molecule has 6 nitrogen and oxygen atoms in total. The van der Waals surface area contributed by atoms with Gasteiger partial charge in [0.15, 0.2) is 5.16 Å². The van der Waals surface area contributed by atoms with Crippen LogP contribution in [0.25, 0.3) is 10.2 Å². The number of anilines is 1. The maximum atomic E-state index is 12.6. The highest BCUT2D eigenvalue weighted by atomic mass is 32.2. The number of methoxy groups -OCH3 is 1. The molecular weight excluding hydrogens is 370 g/mol. The van der Waals surface area contributed by atoms with Crippen molar-refractivity contribution in [2.24, 2.45) is 0 Å². The fourth-order valence-electron chi connectivity index (χ4n) is 2.36. The predicted octanol–water partition coefficient (Wildman–Crippen LogP) is 3.38. The summed E-state index contributed by atoms with van der Waals surface area (Å²) in [5.41, 5.74) is 0.534. The lowest BCUT2D eigenvalue weighted by Crippen LogP contribution is -2.23.